The van der Waals surface area contributed by atoms with Crippen molar-refractivity contribution in [1.29, 1.82) is 0 Å². The third kappa shape index (κ3) is 3.61. The quantitative estimate of drug-likeness (QED) is 0.641. The molecule has 1 N–H and O–H groups in total. The Kier molecular flexibility index (Phi) is 5.06. The molecular weight excluding hydrogens is 336 g/mol. The average Bonchev–Trinajstić information content (AvgIpc) is 2.94. The van der Waals surface area contributed by atoms with E-state index in [2.05, 4.69) is 27.4 Å². The normalized spacial score (nSPS) is 14.4. The predicted molar refractivity (Wildman–Crippen MR) is 98.3 cm³/mol. The second-order valence-electron chi connectivity index (χ2n) is 6.22. The molecule has 3 rings (SSSR count). The molecule has 0 bridgehead atoms. The highest BCUT2D eigenvalue weighted by atomic mass is 16.6. The van der Waals surface area contributed by atoms with Gasteiger partial charge in [0.15, 0.2) is 0 Å². The third-order valence-electron chi connectivity index (χ3n) is 4.53. The van der Waals surface area contributed by atoms with Crippen LogP contribution in [-0.4, -0.2) is 58.2 Å². The van der Waals surface area contributed by atoms with Gasteiger partial charge in [-0.1, -0.05) is 18.2 Å². The molecule has 9 nitrogen and oxygen atoms in total. The summed E-state index contributed by atoms with van der Waals surface area (Å²) in [6, 6.07) is 10.1. The van der Waals surface area contributed by atoms with E-state index in [1.807, 2.05) is 18.2 Å². The molecule has 9 heteroatoms. The molecule has 1 aromatic heterocycles. The minimum atomic E-state index is -0.478. The number of rotatable bonds is 5. The second kappa shape index (κ2) is 7.42. The van der Waals surface area contributed by atoms with E-state index >= 15 is 0 Å². The minimum absolute atomic E-state index is 0.00511. The van der Waals surface area contributed by atoms with E-state index in [1.165, 1.54) is 4.68 Å². The van der Waals surface area contributed by atoms with Crippen LogP contribution in [-0.2, 0) is 11.8 Å². The average molecular weight is 358 g/mol. The van der Waals surface area contributed by atoms with Gasteiger partial charge < -0.3 is 15.1 Å². The van der Waals surface area contributed by atoms with Crippen molar-refractivity contribution in [3.63, 3.8) is 0 Å². The molecule has 1 aliphatic rings. The van der Waals surface area contributed by atoms with E-state index in [0.29, 0.717) is 18.8 Å². The first-order valence-corrected chi connectivity index (χ1v) is 8.47. The van der Waals surface area contributed by atoms with Gasteiger partial charge in [0.2, 0.25) is 11.7 Å². The van der Waals surface area contributed by atoms with Crippen LogP contribution in [0.15, 0.2) is 30.3 Å². The standard InChI is InChI=1S/C17H22N6O3/c1-13-16(23(25)26)17(20(2)19-13)18-12-15(24)22-10-8-21(9-11-22)14-6-4-3-5-7-14/h3-7,18H,8-12H2,1-2H3. The number of carbonyl (C=O) groups is 1. The van der Waals surface area contributed by atoms with E-state index in [4.69, 9.17) is 0 Å². The predicted octanol–water partition coefficient (Wildman–Crippen LogP) is 1.40. The molecule has 2 heterocycles. The Balaban J connectivity index is 1.56. The van der Waals surface area contributed by atoms with Crippen LogP contribution in [0.4, 0.5) is 17.2 Å². The van der Waals surface area contributed by atoms with Gasteiger partial charge >= 0.3 is 5.69 Å². The number of nitrogens with one attached hydrogen (secondary N) is 1. The molecule has 2 aromatic rings. The molecule has 0 unspecified atom stereocenters. The van der Waals surface area contributed by atoms with Gasteiger partial charge in [0, 0.05) is 38.9 Å². The highest BCUT2D eigenvalue weighted by molar-refractivity contribution is 5.81. The molecule has 1 amide bonds. The zero-order valence-corrected chi connectivity index (χ0v) is 14.9. The first-order chi connectivity index (χ1) is 12.5. The van der Waals surface area contributed by atoms with Crippen LogP contribution < -0.4 is 10.2 Å². The van der Waals surface area contributed by atoms with Crippen molar-refractivity contribution in [2.24, 2.45) is 7.05 Å². The number of aromatic nitrogens is 2. The molecule has 138 valence electrons. The molecule has 1 aliphatic heterocycles. The van der Waals surface area contributed by atoms with Gasteiger partial charge in [-0.05, 0) is 19.1 Å². The van der Waals surface area contributed by atoms with Gasteiger partial charge in [-0.25, -0.2) is 4.68 Å². The van der Waals surface area contributed by atoms with Crippen LogP contribution in [0.2, 0.25) is 0 Å². The monoisotopic (exact) mass is 358 g/mol. The number of amides is 1. The number of hydrogen-bond acceptors (Lipinski definition) is 6. The van der Waals surface area contributed by atoms with Gasteiger partial charge in [0.05, 0.1) is 11.5 Å². The molecule has 1 fully saturated rings. The van der Waals surface area contributed by atoms with Crippen molar-refractivity contribution >= 4 is 23.1 Å². The zero-order chi connectivity index (χ0) is 18.7. The molecular formula is C17H22N6O3. The number of para-hydroxylation sites is 1. The lowest BCUT2D eigenvalue weighted by Gasteiger charge is -2.36. The van der Waals surface area contributed by atoms with Crippen LogP contribution in [0, 0.1) is 17.0 Å². The van der Waals surface area contributed by atoms with Gasteiger partial charge in [-0.2, -0.15) is 5.10 Å². The lowest BCUT2D eigenvalue weighted by atomic mass is 10.2. The van der Waals surface area contributed by atoms with E-state index in [-0.39, 0.29) is 24.0 Å². The highest BCUT2D eigenvalue weighted by Gasteiger charge is 2.26. The van der Waals surface area contributed by atoms with Crippen molar-refractivity contribution in [2.75, 3.05) is 42.9 Å². The summed E-state index contributed by atoms with van der Waals surface area (Å²) < 4.78 is 1.40. The van der Waals surface area contributed by atoms with E-state index < -0.39 is 4.92 Å². The SMILES string of the molecule is Cc1nn(C)c(NCC(=O)N2CCN(c3ccccc3)CC2)c1[N+](=O)[O-]. The van der Waals surface area contributed by atoms with Gasteiger partial charge in [0.1, 0.15) is 5.69 Å². The summed E-state index contributed by atoms with van der Waals surface area (Å²) >= 11 is 0. The molecule has 0 radical (unpaired) electrons. The van der Waals surface area contributed by atoms with E-state index in [9.17, 15) is 14.9 Å². The fraction of sp³-hybridized carbons (Fsp3) is 0.412. The van der Waals surface area contributed by atoms with Gasteiger partial charge in [-0.3, -0.25) is 14.9 Å². The van der Waals surface area contributed by atoms with Crippen LogP contribution in [0.25, 0.3) is 0 Å². The Bertz CT molecular complexity index is 796. The first kappa shape index (κ1) is 17.7. The number of benzene rings is 1. The van der Waals surface area contributed by atoms with Crippen molar-refractivity contribution in [3.8, 4) is 0 Å². The smallest absolute Gasteiger partial charge is 0.333 e. The number of piperazine rings is 1. The summed E-state index contributed by atoms with van der Waals surface area (Å²) in [5, 5.41) is 18.1. The summed E-state index contributed by atoms with van der Waals surface area (Å²) in [4.78, 5) is 27.2. The summed E-state index contributed by atoms with van der Waals surface area (Å²) in [6.07, 6.45) is 0. The number of aryl methyl sites for hydroxylation is 2. The molecule has 26 heavy (non-hydrogen) atoms. The number of carbonyl (C=O) groups excluding carboxylic acids is 1. The van der Waals surface area contributed by atoms with E-state index in [1.54, 1.807) is 18.9 Å². The number of nitro groups is 1. The number of nitrogens with zero attached hydrogens (tertiary/aromatic N) is 5. The summed E-state index contributed by atoms with van der Waals surface area (Å²) in [7, 11) is 1.62. The molecule has 1 aromatic carbocycles. The Labute approximate surface area is 151 Å². The maximum Gasteiger partial charge on any atom is 0.333 e. The Morgan fingerprint density at radius 3 is 2.50 bits per heavy atom. The number of anilines is 2. The first-order valence-electron chi connectivity index (χ1n) is 8.47. The number of hydrogen-bond donors (Lipinski definition) is 1. The van der Waals surface area contributed by atoms with E-state index in [0.717, 1.165) is 18.8 Å². The summed E-state index contributed by atoms with van der Waals surface area (Å²) in [5.41, 5.74) is 1.39. The molecule has 0 atom stereocenters. The van der Waals surface area contributed by atoms with Gasteiger partial charge in [0.25, 0.3) is 0 Å². The van der Waals surface area contributed by atoms with Crippen molar-refractivity contribution in [3.05, 3.63) is 46.1 Å². The van der Waals surface area contributed by atoms with Crippen LogP contribution >= 0.6 is 0 Å². The lowest BCUT2D eigenvalue weighted by Crippen LogP contribution is -2.50. The van der Waals surface area contributed by atoms with Crippen molar-refractivity contribution in [1.82, 2.24) is 14.7 Å². The molecule has 0 aliphatic carbocycles. The fourth-order valence-corrected chi connectivity index (χ4v) is 3.19. The van der Waals surface area contributed by atoms with Crippen LogP contribution in [0.5, 0.6) is 0 Å². The van der Waals surface area contributed by atoms with Crippen LogP contribution in [0.1, 0.15) is 5.69 Å². The van der Waals surface area contributed by atoms with Crippen molar-refractivity contribution in [2.45, 2.75) is 6.92 Å². The van der Waals surface area contributed by atoms with Crippen LogP contribution in [0.3, 0.4) is 0 Å². The molecule has 0 spiro atoms. The highest BCUT2D eigenvalue weighted by Crippen LogP contribution is 2.27. The molecule has 0 saturated carbocycles. The zero-order valence-electron chi connectivity index (χ0n) is 14.9. The second-order valence-corrected chi connectivity index (χ2v) is 6.22. The summed E-state index contributed by atoms with van der Waals surface area (Å²) in [6.45, 7) is 4.37. The summed E-state index contributed by atoms with van der Waals surface area (Å²) in [5.74, 6) is 0.176. The Morgan fingerprint density at radius 2 is 1.88 bits per heavy atom. The topological polar surface area (TPSA) is 96.5 Å². The van der Waals surface area contributed by atoms with Gasteiger partial charge in [-0.15, -0.1) is 0 Å². The Hall–Kier alpha value is -3.10. The largest absolute Gasteiger partial charge is 0.368 e. The Morgan fingerprint density at radius 1 is 1.23 bits per heavy atom. The lowest BCUT2D eigenvalue weighted by molar-refractivity contribution is -0.384. The fourth-order valence-electron chi connectivity index (χ4n) is 3.19. The molecule has 1 saturated heterocycles. The van der Waals surface area contributed by atoms with Crippen molar-refractivity contribution < 1.29 is 9.72 Å². The minimum Gasteiger partial charge on any atom is -0.368 e. The maximum atomic E-state index is 12.5. The third-order valence-corrected chi connectivity index (χ3v) is 4.53. The maximum absolute atomic E-state index is 12.5.